The SMILES string of the molecule is C=N/C=C(\C=C(/C)F)c1cc(=O)n2[nH]cc(C(C)C)c2n1. The second kappa shape index (κ2) is 5.87. The van der Waals surface area contributed by atoms with Crippen LogP contribution in [0.5, 0.6) is 0 Å². The molecule has 0 fully saturated rings. The minimum absolute atomic E-state index is 0.205. The highest BCUT2D eigenvalue weighted by atomic mass is 19.1. The Morgan fingerprint density at radius 3 is 2.86 bits per heavy atom. The summed E-state index contributed by atoms with van der Waals surface area (Å²) in [5.41, 5.74) is 1.96. The van der Waals surface area contributed by atoms with Crippen LogP contribution in [0, 0.1) is 0 Å². The van der Waals surface area contributed by atoms with Gasteiger partial charge in [-0.2, -0.15) is 0 Å². The molecular weight excluding hydrogens is 271 g/mol. The first-order chi connectivity index (χ1) is 9.93. The fourth-order valence-electron chi connectivity index (χ4n) is 2.06. The molecule has 6 heteroatoms. The van der Waals surface area contributed by atoms with E-state index in [1.807, 2.05) is 13.8 Å². The zero-order valence-corrected chi connectivity index (χ0v) is 12.2. The van der Waals surface area contributed by atoms with Crippen LogP contribution in [-0.2, 0) is 0 Å². The molecule has 0 saturated heterocycles. The first-order valence-electron chi connectivity index (χ1n) is 6.55. The van der Waals surface area contributed by atoms with Gasteiger partial charge in [0.25, 0.3) is 5.56 Å². The summed E-state index contributed by atoms with van der Waals surface area (Å²) < 4.78 is 14.5. The lowest BCUT2D eigenvalue weighted by Gasteiger charge is -2.05. The number of H-pyrrole nitrogens is 1. The second-order valence-electron chi connectivity index (χ2n) is 5.02. The van der Waals surface area contributed by atoms with E-state index in [4.69, 9.17) is 0 Å². The number of aromatic nitrogens is 3. The average Bonchev–Trinajstić information content (AvgIpc) is 2.82. The number of fused-ring (bicyclic) bond motifs is 1. The van der Waals surface area contributed by atoms with Crippen molar-refractivity contribution in [2.45, 2.75) is 26.7 Å². The summed E-state index contributed by atoms with van der Waals surface area (Å²) >= 11 is 0. The quantitative estimate of drug-likeness (QED) is 0.694. The van der Waals surface area contributed by atoms with Crippen LogP contribution in [0.15, 0.2) is 40.2 Å². The summed E-state index contributed by atoms with van der Waals surface area (Å²) in [6, 6.07) is 1.34. The molecule has 0 radical (unpaired) electrons. The van der Waals surface area contributed by atoms with Gasteiger partial charge < -0.3 is 0 Å². The highest BCUT2D eigenvalue weighted by molar-refractivity contribution is 5.73. The number of hydrogen-bond acceptors (Lipinski definition) is 3. The number of rotatable bonds is 4. The zero-order chi connectivity index (χ0) is 15.6. The standard InChI is InChI=1S/C15H17FN4O/c1-9(2)12-8-18-20-14(21)6-13(19-15(12)20)11(7-17-4)5-10(3)16/h5-9,18H,4H2,1-3H3/b10-5+,11-7+. The van der Waals surface area contributed by atoms with E-state index in [9.17, 15) is 9.18 Å². The predicted octanol–water partition coefficient (Wildman–Crippen LogP) is 3.06. The van der Waals surface area contributed by atoms with Crippen molar-refractivity contribution in [1.82, 2.24) is 14.6 Å². The summed E-state index contributed by atoms with van der Waals surface area (Å²) in [6.07, 6.45) is 4.40. The molecule has 0 unspecified atom stereocenters. The van der Waals surface area contributed by atoms with E-state index in [0.717, 1.165) is 5.56 Å². The Labute approximate surface area is 121 Å². The molecule has 0 aliphatic rings. The Balaban J connectivity index is 2.73. The molecule has 2 rings (SSSR count). The van der Waals surface area contributed by atoms with Gasteiger partial charge in [0.15, 0.2) is 5.65 Å². The normalized spacial score (nSPS) is 13.2. The Morgan fingerprint density at radius 2 is 2.29 bits per heavy atom. The van der Waals surface area contributed by atoms with Crippen LogP contribution in [0.3, 0.4) is 0 Å². The maximum atomic E-state index is 13.2. The number of nitrogens with one attached hydrogen (secondary N) is 1. The van der Waals surface area contributed by atoms with E-state index in [0.29, 0.717) is 16.9 Å². The molecule has 0 aliphatic carbocycles. The Kier molecular flexibility index (Phi) is 4.16. The second-order valence-corrected chi connectivity index (χ2v) is 5.02. The van der Waals surface area contributed by atoms with Gasteiger partial charge in [-0.25, -0.2) is 13.9 Å². The molecule has 21 heavy (non-hydrogen) atoms. The summed E-state index contributed by atoms with van der Waals surface area (Å²) in [4.78, 5) is 20.2. The lowest BCUT2D eigenvalue weighted by Crippen LogP contribution is -2.15. The maximum Gasteiger partial charge on any atom is 0.273 e. The predicted molar refractivity (Wildman–Crippen MR) is 82.3 cm³/mol. The fraction of sp³-hybridized carbons (Fsp3) is 0.267. The number of aliphatic imine (C=N–C) groups is 1. The highest BCUT2D eigenvalue weighted by Gasteiger charge is 2.13. The van der Waals surface area contributed by atoms with Crippen molar-refractivity contribution in [3.05, 3.63) is 52.0 Å². The molecule has 5 nitrogen and oxygen atoms in total. The van der Waals surface area contributed by atoms with Gasteiger partial charge in [0, 0.05) is 29.6 Å². The summed E-state index contributed by atoms with van der Waals surface area (Å²) in [5.74, 6) is -0.193. The number of allylic oxidation sites excluding steroid dienone is 3. The minimum Gasteiger partial charge on any atom is -0.297 e. The molecular formula is C15H17FN4O. The molecule has 0 aromatic carbocycles. The largest absolute Gasteiger partial charge is 0.297 e. The lowest BCUT2D eigenvalue weighted by molar-refractivity contribution is 0.641. The molecule has 2 aromatic rings. The van der Waals surface area contributed by atoms with Crippen molar-refractivity contribution in [3.63, 3.8) is 0 Å². The third-order valence-electron chi connectivity index (χ3n) is 3.03. The maximum absolute atomic E-state index is 13.2. The van der Waals surface area contributed by atoms with Crippen LogP contribution >= 0.6 is 0 Å². The van der Waals surface area contributed by atoms with Crippen molar-refractivity contribution in [2.75, 3.05) is 0 Å². The van der Waals surface area contributed by atoms with E-state index in [-0.39, 0.29) is 11.5 Å². The average molecular weight is 288 g/mol. The van der Waals surface area contributed by atoms with Crippen molar-refractivity contribution in [2.24, 2.45) is 4.99 Å². The number of aromatic amines is 1. The van der Waals surface area contributed by atoms with Crippen LogP contribution in [-0.4, -0.2) is 21.3 Å². The van der Waals surface area contributed by atoms with Crippen LogP contribution in [0.2, 0.25) is 0 Å². The van der Waals surface area contributed by atoms with Gasteiger partial charge in [-0.15, -0.1) is 0 Å². The van der Waals surface area contributed by atoms with Crippen molar-refractivity contribution in [1.29, 1.82) is 0 Å². The van der Waals surface area contributed by atoms with Gasteiger partial charge in [0.2, 0.25) is 0 Å². The molecule has 0 bridgehead atoms. The third-order valence-corrected chi connectivity index (χ3v) is 3.03. The van der Waals surface area contributed by atoms with Gasteiger partial charge in [-0.05, 0) is 25.6 Å². The van der Waals surface area contributed by atoms with Crippen LogP contribution in [0.1, 0.15) is 37.9 Å². The van der Waals surface area contributed by atoms with Crippen molar-refractivity contribution < 1.29 is 4.39 Å². The monoisotopic (exact) mass is 288 g/mol. The number of halogens is 1. The van der Waals surface area contributed by atoms with Crippen LogP contribution < -0.4 is 5.56 Å². The Bertz CT molecular complexity index is 792. The molecule has 0 saturated carbocycles. The molecule has 2 aromatic heterocycles. The molecule has 0 spiro atoms. The summed E-state index contributed by atoms with van der Waals surface area (Å²) in [5, 5.41) is 2.87. The highest BCUT2D eigenvalue weighted by Crippen LogP contribution is 2.20. The van der Waals surface area contributed by atoms with E-state index < -0.39 is 5.83 Å². The first-order valence-corrected chi connectivity index (χ1v) is 6.55. The Hall–Kier alpha value is -2.50. The number of nitrogens with zero attached hydrogens (tertiary/aromatic N) is 3. The van der Waals surface area contributed by atoms with Crippen molar-refractivity contribution >= 4 is 17.9 Å². The molecule has 0 amide bonds. The molecule has 2 heterocycles. The van der Waals surface area contributed by atoms with Crippen LogP contribution in [0.4, 0.5) is 4.39 Å². The van der Waals surface area contributed by atoms with Gasteiger partial charge in [-0.3, -0.25) is 14.9 Å². The summed E-state index contributed by atoms with van der Waals surface area (Å²) in [6.45, 7) is 8.70. The van der Waals surface area contributed by atoms with E-state index in [1.165, 1.54) is 29.8 Å². The smallest absolute Gasteiger partial charge is 0.273 e. The summed E-state index contributed by atoms with van der Waals surface area (Å²) in [7, 11) is 0. The van der Waals surface area contributed by atoms with Crippen molar-refractivity contribution in [3.8, 4) is 0 Å². The molecule has 1 N–H and O–H groups in total. The number of hydrogen-bond donors (Lipinski definition) is 1. The molecule has 110 valence electrons. The van der Waals surface area contributed by atoms with Gasteiger partial charge in [-0.1, -0.05) is 13.8 Å². The van der Waals surface area contributed by atoms with Gasteiger partial charge >= 0.3 is 0 Å². The topological polar surface area (TPSA) is 62.5 Å². The van der Waals surface area contributed by atoms with E-state index in [2.05, 4.69) is 21.8 Å². The third kappa shape index (κ3) is 2.99. The zero-order valence-electron chi connectivity index (χ0n) is 12.2. The minimum atomic E-state index is -0.398. The van der Waals surface area contributed by atoms with Gasteiger partial charge in [0.05, 0.1) is 11.5 Å². The van der Waals surface area contributed by atoms with Gasteiger partial charge in [0.1, 0.15) is 0 Å². The molecule has 0 atom stereocenters. The lowest BCUT2D eigenvalue weighted by atomic mass is 10.1. The van der Waals surface area contributed by atoms with Crippen LogP contribution in [0.25, 0.3) is 11.2 Å². The molecule has 0 aliphatic heterocycles. The first kappa shape index (κ1) is 14.9. The van der Waals surface area contributed by atoms with E-state index in [1.54, 1.807) is 6.20 Å². The fourth-order valence-corrected chi connectivity index (χ4v) is 2.06. The van der Waals surface area contributed by atoms with E-state index >= 15 is 0 Å². The Morgan fingerprint density at radius 1 is 1.57 bits per heavy atom.